The number of amides is 2. The molecular weight excluding hydrogens is 316 g/mol. The van der Waals surface area contributed by atoms with Crippen molar-refractivity contribution in [3.8, 4) is 0 Å². The first-order valence-corrected chi connectivity index (χ1v) is 8.89. The summed E-state index contributed by atoms with van der Waals surface area (Å²) in [6.45, 7) is 0.540. The van der Waals surface area contributed by atoms with Crippen molar-refractivity contribution in [3.63, 3.8) is 0 Å². The second-order valence-electron chi connectivity index (χ2n) is 4.76. The Morgan fingerprint density at radius 2 is 1.95 bits per heavy atom. The Balaban J connectivity index is 1.82. The van der Waals surface area contributed by atoms with Crippen molar-refractivity contribution in [1.82, 2.24) is 10.2 Å². The summed E-state index contributed by atoms with van der Waals surface area (Å²) < 4.78 is 0. The number of nitrogens with one attached hydrogen (secondary N) is 1. The van der Waals surface area contributed by atoms with Crippen molar-refractivity contribution >= 4 is 34.9 Å². The van der Waals surface area contributed by atoms with Crippen LogP contribution in [0.1, 0.15) is 15.2 Å². The Bertz CT molecular complexity index is 624. The minimum atomic E-state index is -0.207. The maximum Gasteiger partial charge on any atom is 0.261 e. The van der Waals surface area contributed by atoms with Crippen LogP contribution >= 0.6 is 23.1 Å². The minimum absolute atomic E-state index is 0.0100. The zero-order valence-corrected chi connectivity index (χ0v) is 14.2. The van der Waals surface area contributed by atoms with Crippen molar-refractivity contribution < 1.29 is 9.59 Å². The molecular formula is C16H18N2O2S2. The van der Waals surface area contributed by atoms with Crippen LogP contribution in [0.2, 0.25) is 0 Å². The molecule has 0 aliphatic carbocycles. The van der Waals surface area contributed by atoms with E-state index in [9.17, 15) is 9.59 Å². The van der Waals surface area contributed by atoms with Gasteiger partial charge in [0.2, 0.25) is 5.91 Å². The summed E-state index contributed by atoms with van der Waals surface area (Å²) in [6, 6.07) is 11.7. The van der Waals surface area contributed by atoms with Crippen molar-refractivity contribution in [3.05, 3.63) is 52.2 Å². The fourth-order valence-corrected chi connectivity index (χ4v) is 2.93. The SMILES string of the molecule is CSc1ccc(CN(C)C(=O)CNC(=O)c2cccs2)cc1. The van der Waals surface area contributed by atoms with Crippen molar-refractivity contribution in [1.29, 1.82) is 0 Å². The quantitative estimate of drug-likeness (QED) is 0.827. The van der Waals surface area contributed by atoms with Gasteiger partial charge in [0, 0.05) is 18.5 Å². The van der Waals surface area contributed by atoms with Crippen LogP contribution < -0.4 is 5.32 Å². The molecule has 0 unspecified atom stereocenters. The monoisotopic (exact) mass is 334 g/mol. The van der Waals surface area contributed by atoms with Gasteiger partial charge in [0.15, 0.2) is 0 Å². The normalized spacial score (nSPS) is 10.3. The Kier molecular flexibility index (Phi) is 6.03. The van der Waals surface area contributed by atoms with Gasteiger partial charge in [-0.1, -0.05) is 18.2 Å². The Hall–Kier alpha value is -1.79. The lowest BCUT2D eigenvalue weighted by atomic mass is 10.2. The molecule has 0 fully saturated rings. The first-order valence-electron chi connectivity index (χ1n) is 6.78. The lowest BCUT2D eigenvalue weighted by molar-refractivity contribution is -0.129. The van der Waals surface area contributed by atoms with Gasteiger partial charge in [0.05, 0.1) is 11.4 Å². The number of carbonyl (C=O) groups excluding carboxylic acids is 2. The largest absolute Gasteiger partial charge is 0.342 e. The van der Waals surface area contributed by atoms with E-state index in [-0.39, 0.29) is 18.4 Å². The van der Waals surface area contributed by atoms with Gasteiger partial charge in [0.25, 0.3) is 5.91 Å². The maximum absolute atomic E-state index is 12.1. The molecule has 1 aromatic carbocycles. The molecule has 0 radical (unpaired) electrons. The third-order valence-electron chi connectivity index (χ3n) is 3.15. The van der Waals surface area contributed by atoms with Gasteiger partial charge >= 0.3 is 0 Å². The van der Waals surface area contributed by atoms with Crippen molar-refractivity contribution in [2.45, 2.75) is 11.4 Å². The average molecular weight is 334 g/mol. The number of benzene rings is 1. The lowest BCUT2D eigenvalue weighted by Crippen LogP contribution is -2.37. The van der Waals surface area contributed by atoms with Gasteiger partial charge in [-0.05, 0) is 35.4 Å². The third kappa shape index (κ3) is 4.61. The summed E-state index contributed by atoms with van der Waals surface area (Å²) in [5, 5.41) is 4.48. The summed E-state index contributed by atoms with van der Waals surface area (Å²) >= 11 is 3.04. The predicted molar refractivity (Wildman–Crippen MR) is 91.3 cm³/mol. The first kappa shape index (κ1) is 16.6. The highest BCUT2D eigenvalue weighted by Crippen LogP contribution is 2.15. The van der Waals surface area contributed by atoms with Crippen LogP contribution in [0.5, 0.6) is 0 Å². The highest BCUT2D eigenvalue weighted by atomic mass is 32.2. The molecule has 0 bridgehead atoms. The van der Waals surface area contributed by atoms with Gasteiger partial charge in [0.1, 0.15) is 0 Å². The smallest absolute Gasteiger partial charge is 0.261 e. The Labute approximate surface area is 138 Å². The summed E-state index contributed by atoms with van der Waals surface area (Å²) in [6.07, 6.45) is 2.03. The van der Waals surface area contributed by atoms with E-state index >= 15 is 0 Å². The zero-order valence-electron chi connectivity index (χ0n) is 12.5. The number of rotatable bonds is 6. The summed E-state index contributed by atoms with van der Waals surface area (Å²) in [7, 11) is 1.74. The van der Waals surface area contributed by atoms with Crippen LogP contribution in [0.25, 0.3) is 0 Å². The number of hydrogen-bond donors (Lipinski definition) is 1. The lowest BCUT2D eigenvalue weighted by Gasteiger charge is -2.17. The van der Waals surface area contributed by atoms with Crippen LogP contribution in [-0.2, 0) is 11.3 Å². The molecule has 22 heavy (non-hydrogen) atoms. The van der Waals surface area contributed by atoms with Gasteiger partial charge in [-0.25, -0.2) is 0 Å². The van der Waals surface area contributed by atoms with Gasteiger partial charge < -0.3 is 10.2 Å². The van der Waals surface area contributed by atoms with E-state index in [4.69, 9.17) is 0 Å². The molecule has 116 valence electrons. The maximum atomic E-state index is 12.1. The molecule has 1 heterocycles. The fourth-order valence-electron chi connectivity index (χ4n) is 1.88. The highest BCUT2D eigenvalue weighted by molar-refractivity contribution is 7.98. The number of hydrogen-bond acceptors (Lipinski definition) is 4. The summed E-state index contributed by atoms with van der Waals surface area (Å²) in [5.41, 5.74) is 1.07. The third-order valence-corrected chi connectivity index (χ3v) is 4.76. The number of nitrogens with zero attached hydrogens (tertiary/aromatic N) is 1. The molecule has 2 amide bonds. The van der Waals surface area contributed by atoms with Crippen LogP contribution in [-0.4, -0.2) is 36.6 Å². The van der Waals surface area contributed by atoms with E-state index in [2.05, 4.69) is 5.32 Å². The van der Waals surface area contributed by atoms with Gasteiger partial charge in [-0.15, -0.1) is 23.1 Å². The molecule has 0 saturated heterocycles. The van der Waals surface area contributed by atoms with Crippen LogP contribution in [0.4, 0.5) is 0 Å². The summed E-state index contributed by atoms with van der Waals surface area (Å²) in [5.74, 6) is -0.320. The molecule has 0 aliphatic heterocycles. The molecule has 2 aromatic rings. The van der Waals surface area contributed by atoms with Gasteiger partial charge in [-0.2, -0.15) is 0 Å². The zero-order chi connectivity index (χ0) is 15.9. The molecule has 0 spiro atoms. The summed E-state index contributed by atoms with van der Waals surface area (Å²) in [4.78, 5) is 27.3. The van der Waals surface area contributed by atoms with Crippen LogP contribution in [0, 0.1) is 0 Å². The number of likely N-dealkylation sites (N-methyl/N-ethyl adjacent to an activating group) is 1. The van der Waals surface area contributed by atoms with Gasteiger partial charge in [-0.3, -0.25) is 9.59 Å². The van der Waals surface area contributed by atoms with Crippen molar-refractivity contribution in [2.24, 2.45) is 0 Å². The van der Waals surface area contributed by atoms with E-state index in [0.29, 0.717) is 11.4 Å². The van der Waals surface area contributed by atoms with Crippen LogP contribution in [0.15, 0.2) is 46.7 Å². The molecule has 0 saturated carbocycles. The standard InChI is InChI=1S/C16H18N2O2S2/c1-18(11-12-5-7-13(21-2)8-6-12)15(19)10-17-16(20)14-4-3-9-22-14/h3-9H,10-11H2,1-2H3,(H,17,20). The molecule has 2 rings (SSSR count). The molecule has 0 atom stereocenters. The number of thiophene rings is 1. The van der Waals surface area contributed by atoms with E-state index in [0.717, 1.165) is 5.56 Å². The highest BCUT2D eigenvalue weighted by Gasteiger charge is 2.12. The minimum Gasteiger partial charge on any atom is -0.342 e. The van der Waals surface area contributed by atoms with E-state index < -0.39 is 0 Å². The number of carbonyl (C=O) groups is 2. The van der Waals surface area contributed by atoms with E-state index in [1.54, 1.807) is 29.8 Å². The molecule has 4 nitrogen and oxygen atoms in total. The predicted octanol–water partition coefficient (Wildman–Crippen LogP) is 2.86. The molecule has 0 aliphatic rings. The second kappa shape index (κ2) is 8.00. The molecule has 1 aromatic heterocycles. The Morgan fingerprint density at radius 3 is 2.55 bits per heavy atom. The topological polar surface area (TPSA) is 49.4 Å². The first-order chi connectivity index (χ1) is 10.6. The molecule has 6 heteroatoms. The van der Waals surface area contributed by atoms with E-state index in [1.165, 1.54) is 16.2 Å². The van der Waals surface area contributed by atoms with Crippen LogP contribution in [0.3, 0.4) is 0 Å². The average Bonchev–Trinajstić information content (AvgIpc) is 3.07. The molecule has 1 N–H and O–H groups in total. The van der Waals surface area contributed by atoms with E-state index in [1.807, 2.05) is 42.0 Å². The second-order valence-corrected chi connectivity index (χ2v) is 6.59. The Morgan fingerprint density at radius 1 is 1.23 bits per heavy atom. The van der Waals surface area contributed by atoms with Crippen molar-refractivity contribution in [2.75, 3.05) is 19.8 Å². The fraction of sp³-hybridized carbons (Fsp3) is 0.250. The number of thioether (sulfide) groups is 1.